The fourth-order valence-corrected chi connectivity index (χ4v) is 3.31. The van der Waals surface area contributed by atoms with E-state index in [1.54, 1.807) is 0 Å². The summed E-state index contributed by atoms with van der Waals surface area (Å²) in [5, 5.41) is 3.29. The predicted molar refractivity (Wildman–Crippen MR) is 119 cm³/mol. The fraction of sp³-hybridized carbons (Fsp3) is 0.750. The maximum Gasteiger partial charge on any atom is 0.306 e. The van der Waals surface area contributed by atoms with Gasteiger partial charge in [0.1, 0.15) is 0 Å². The molecule has 0 saturated heterocycles. The summed E-state index contributed by atoms with van der Waals surface area (Å²) in [6, 6.07) is 4.12. The van der Waals surface area contributed by atoms with Gasteiger partial charge in [-0.3, -0.25) is 9.78 Å². The third-order valence-corrected chi connectivity index (χ3v) is 5.10. The highest BCUT2D eigenvalue weighted by molar-refractivity contribution is 5.69. The molecule has 0 atom stereocenters. The van der Waals surface area contributed by atoms with Gasteiger partial charge in [-0.1, -0.05) is 57.4 Å². The first-order valence-corrected chi connectivity index (χ1v) is 11.6. The van der Waals surface area contributed by atoms with Crippen molar-refractivity contribution in [3.63, 3.8) is 0 Å². The van der Waals surface area contributed by atoms with Crippen LogP contribution in [0, 0.1) is 0 Å². The lowest BCUT2D eigenvalue weighted by molar-refractivity contribution is -0.140. The minimum absolute atomic E-state index is 0.137. The van der Waals surface area contributed by atoms with Crippen molar-refractivity contribution in [2.24, 2.45) is 0 Å². The van der Waals surface area contributed by atoms with Crippen molar-refractivity contribution in [2.75, 3.05) is 33.4 Å². The van der Waals surface area contributed by atoms with Gasteiger partial charge >= 0.3 is 5.97 Å². The molecule has 0 bridgehead atoms. The van der Waals surface area contributed by atoms with Crippen LogP contribution in [0.3, 0.4) is 0 Å². The van der Waals surface area contributed by atoms with E-state index in [1.165, 1.54) is 76.9 Å². The molecule has 1 aromatic heterocycles. The largest absolute Gasteiger partial charge is 0.469 e. The Bertz CT molecular complexity index is 482. The Morgan fingerprint density at radius 2 is 1.55 bits per heavy atom. The molecule has 5 heteroatoms. The lowest BCUT2D eigenvalue weighted by Gasteiger charge is -2.05. The molecular weight excluding hydrogens is 364 g/mol. The quantitative estimate of drug-likeness (QED) is 0.242. The van der Waals surface area contributed by atoms with Crippen molar-refractivity contribution >= 4 is 5.97 Å². The van der Waals surface area contributed by atoms with Gasteiger partial charge in [0.15, 0.2) is 0 Å². The van der Waals surface area contributed by atoms with Crippen molar-refractivity contribution in [2.45, 2.75) is 83.5 Å². The average molecular weight is 407 g/mol. The first-order chi connectivity index (χ1) is 14.3. The number of rotatable bonds is 20. The van der Waals surface area contributed by atoms with Crippen molar-refractivity contribution in [1.82, 2.24) is 10.3 Å². The first kappa shape index (κ1) is 25.6. The first-order valence-electron chi connectivity index (χ1n) is 11.6. The van der Waals surface area contributed by atoms with Crippen LogP contribution in [-0.4, -0.2) is 44.4 Å². The number of ether oxygens (including phenoxy) is 2. The van der Waals surface area contributed by atoms with Crippen LogP contribution in [0.1, 0.15) is 82.6 Å². The number of unbranched alkanes of at least 4 members (excludes halogenated alkanes) is 9. The highest BCUT2D eigenvalue weighted by atomic mass is 16.5. The van der Waals surface area contributed by atoms with Crippen molar-refractivity contribution in [1.29, 1.82) is 0 Å². The third-order valence-electron chi connectivity index (χ3n) is 5.10. The Morgan fingerprint density at radius 1 is 0.897 bits per heavy atom. The van der Waals surface area contributed by atoms with E-state index in [9.17, 15) is 4.79 Å². The van der Waals surface area contributed by atoms with E-state index in [0.29, 0.717) is 6.42 Å². The molecule has 1 aromatic rings. The topological polar surface area (TPSA) is 60.5 Å². The van der Waals surface area contributed by atoms with E-state index >= 15 is 0 Å². The Hall–Kier alpha value is -1.46. The number of nitrogens with one attached hydrogen (secondary N) is 1. The minimum Gasteiger partial charge on any atom is -0.469 e. The van der Waals surface area contributed by atoms with E-state index < -0.39 is 0 Å². The number of aryl methyl sites for hydroxylation is 1. The molecule has 0 unspecified atom stereocenters. The second-order valence-corrected chi connectivity index (χ2v) is 7.69. The number of aromatic nitrogens is 1. The summed E-state index contributed by atoms with van der Waals surface area (Å²) in [7, 11) is 1.43. The molecule has 1 rings (SSSR count). The van der Waals surface area contributed by atoms with E-state index in [-0.39, 0.29) is 5.97 Å². The van der Waals surface area contributed by atoms with Crippen LogP contribution >= 0.6 is 0 Å². The monoisotopic (exact) mass is 406 g/mol. The SMILES string of the molecule is COC(=O)CCNCCCCCCCCCCCCOCCCc1cccnc1. The Kier molecular flexibility index (Phi) is 17.5. The van der Waals surface area contributed by atoms with Gasteiger partial charge in [-0.25, -0.2) is 0 Å². The van der Waals surface area contributed by atoms with Crippen molar-refractivity contribution in [3.05, 3.63) is 30.1 Å². The van der Waals surface area contributed by atoms with Gasteiger partial charge in [-0.05, 0) is 43.9 Å². The zero-order valence-corrected chi connectivity index (χ0v) is 18.5. The second kappa shape index (κ2) is 19.8. The van der Waals surface area contributed by atoms with Gasteiger partial charge < -0.3 is 14.8 Å². The molecule has 166 valence electrons. The normalized spacial score (nSPS) is 10.9. The van der Waals surface area contributed by atoms with Crippen LogP contribution in [0.5, 0.6) is 0 Å². The second-order valence-electron chi connectivity index (χ2n) is 7.69. The summed E-state index contributed by atoms with van der Waals surface area (Å²) in [6.07, 6.45) is 19.4. The zero-order valence-electron chi connectivity index (χ0n) is 18.5. The van der Waals surface area contributed by atoms with Crippen LogP contribution in [0.2, 0.25) is 0 Å². The average Bonchev–Trinajstić information content (AvgIpc) is 2.75. The molecule has 0 amide bonds. The molecule has 0 radical (unpaired) electrons. The maximum atomic E-state index is 11.0. The predicted octanol–water partition coefficient (Wildman–Crippen LogP) is 5.08. The lowest BCUT2D eigenvalue weighted by Crippen LogP contribution is -2.19. The van der Waals surface area contributed by atoms with Gasteiger partial charge in [0.05, 0.1) is 13.5 Å². The van der Waals surface area contributed by atoms with Crippen molar-refractivity contribution < 1.29 is 14.3 Å². The number of pyridine rings is 1. The molecule has 29 heavy (non-hydrogen) atoms. The molecule has 0 aromatic carbocycles. The van der Waals surface area contributed by atoms with Gasteiger partial charge in [-0.15, -0.1) is 0 Å². The van der Waals surface area contributed by atoms with Gasteiger partial charge in [-0.2, -0.15) is 0 Å². The molecule has 0 fully saturated rings. The smallest absolute Gasteiger partial charge is 0.306 e. The minimum atomic E-state index is -0.137. The molecule has 0 aliphatic rings. The summed E-state index contributed by atoms with van der Waals surface area (Å²) in [6.45, 7) is 3.49. The van der Waals surface area contributed by atoms with E-state index in [1.807, 2.05) is 18.5 Å². The van der Waals surface area contributed by atoms with E-state index in [0.717, 1.165) is 39.1 Å². The highest BCUT2D eigenvalue weighted by Crippen LogP contribution is 2.10. The molecule has 0 saturated carbocycles. The zero-order chi connectivity index (χ0) is 20.8. The number of carbonyl (C=O) groups is 1. The third kappa shape index (κ3) is 17.1. The molecule has 1 heterocycles. The van der Waals surface area contributed by atoms with Crippen LogP contribution in [0.15, 0.2) is 24.5 Å². The number of carbonyl (C=O) groups excluding carboxylic acids is 1. The molecule has 0 aliphatic carbocycles. The number of methoxy groups -OCH3 is 1. The maximum absolute atomic E-state index is 11.0. The summed E-state index contributed by atoms with van der Waals surface area (Å²) in [5.74, 6) is -0.137. The summed E-state index contributed by atoms with van der Waals surface area (Å²) in [5.41, 5.74) is 1.29. The van der Waals surface area contributed by atoms with Crippen LogP contribution in [0.4, 0.5) is 0 Å². The van der Waals surface area contributed by atoms with Gasteiger partial charge in [0.25, 0.3) is 0 Å². The molecule has 0 spiro atoms. The number of hydrogen-bond acceptors (Lipinski definition) is 5. The van der Waals surface area contributed by atoms with E-state index in [4.69, 9.17) is 4.74 Å². The number of hydrogen-bond donors (Lipinski definition) is 1. The molecule has 5 nitrogen and oxygen atoms in total. The summed E-state index contributed by atoms with van der Waals surface area (Å²) >= 11 is 0. The van der Waals surface area contributed by atoms with Crippen LogP contribution in [0.25, 0.3) is 0 Å². The Morgan fingerprint density at radius 3 is 2.21 bits per heavy atom. The Balaban J connectivity index is 1.68. The fourth-order valence-electron chi connectivity index (χ4n) is 3.31. The lowest BCUT2D eigenvalue weighted by atomic mass is 10.1. The summed E-state index contributed by atoms with van der Waals surface area (Å²) in [4.78, 5) is 15.1. The number of esters is 1. The molecule has 0 aliphatic heterocycles. The van der Waals surface area contributed by atoms with Crippen LogP contribution in [-0.2, 0) is 20.7 Å². The van der Waals surface area contributed by atoms with Crippen LogP contribution < -0.4 is 5.32 Å². The van der Waals surface area contributed by atoms with Gasteiger partial charge in [0.2, 0.25) is 0 Å². The number of nitrogens with zero attached hydrogens (tertiary/aromatic N) is 1. The Labute approximate surface area is 178 Å². The van der Waals surface area contributed by atoms with Gasteiger partial charge in [0, 0.05) is 32.2 Å². The molecular formula is C24H42N2O3. The van der Waals surface area contributed by atoms with E-state index in [2.05, 4.69) is 21.1 Å². The highest BCUT2D eigenvalue weighted by Gasteiger charge is 1.98. The summed E-state index contributed by atoms with van der Waals surface area (Å²) < 4.78 is 10.3. The van der Waals surface area contributed by atoms with Crippen molar-refractivity contribution in [3.8, 4) is 0 Å². The standard InChI is InChI=1S/C24H42N2O3/c1-28-24(27)16-19-25-17-10-8-6-4-2-3-5-7-9-11-20-29-21-13-15-23-14-12-18-26-22-23/h12,14,18,22,25H,2-11,13,15-17,19-21H2,1H3. The molecule has 1 N–H and O–H groups in total.